The summed E-state index contributed by atoms with van der Waals surface area (Å²) in [5.74, 6) is 0.232. The Morgan fingerprint density at radius 3 is 2.32 bits per heavy atom. The van der Waals surface area contributed by atoms with Crippen LogP contribution < -0.4 is 30.9 Å². The number of methoxy groups -OCH3 is 1. The number of ether oxygens (including phenoxy) is 2. The van der Waals surface area contributed by atoms with Gasteiger partial charge in [-0.15, -0.1) is 10.2 Å². The zero-order valence-electron chi connectivity index (χ0n) is 35.9. The summed E-state index contributed by atoms with van der Waals surface area (Å²) in [5.41, 5.74) is 3.43. The Morgan fingerprint density at radius 1 is 0.873 bits per heavy atom. The zero-order chi connectivity index (χ0) is 44.0. The molecule has 8 rings (SSSR count). The highest BCUT2D eigenvalue weighted by Gasteiger charge is 2.45. The first kappa shape index (κ1) is 43.2. The Balaban J connectivity index is 0.743. The average molecular weight is 863 g/mol. The number of fused-ring (bicyclic) bond motifs is 1. The van der Waals surface area contributed by atoms with E-state index in [4.69, 9.17) is 9.47 Å². The minimum atomic E-state index is -0.974. The predicted molar refractivity (Wildman–Crippen MR) is 233 cm³/mol. The molecular weight excluding hydrogens is 809 g/mol. The molecule has 0 saturated carbocycles. The number of nitrogens with zero attached hydrogens (tertiary/aromatic N) is 8. The van der Waals surface area contributed by atoms with Crippen LogP contribution in [0.3, 0.4) is 0 Å². The van der Waals surface area contributed by atoms with Gasteiger partial charge in [0.25, 0.3) is 17.7 Å². The Labute approximate surface area is 365 Å². The van der Waals surface area contributed by atoms with Crippen molar-refractivity contribution in [2.45, 2.75) is 51.0 Å². The van der Waals surface area contributed by atoms with Crippen molar-refractivity contribution in [2.24, 2.45) is 18.9 Å². The van der Waals surface area contributed by atoms with Crippen LogP contribution in [-0.4, -0.2) is 137 Å². The minimum absolute atomic E-state index is 0.0906. The van der Waals surface area contributed by atoms with Gasteiger partial charge in [-0.1, -0.05) is 6.07 Å². The molecule has 4 aliphatic rings. The molecule has 0 aliphatic carbocycles. The van der Waals surface area contributed by atoms with Crippen LogP contribution in [0, 0.1) is 11.8 Å². The van der Waals surface area contributed by atoms with E-state index in [1.165, 1.54) is 0 Å². The number of anilines is 4. The maximum absolute atomic E-state index is 13.3. The number of amides is 5. The van der Waals surface area contributed by atoms with Crippen molar-refractivity contribution in [3.8, 4) is 17.1 Å². The summed E-state index contributed by atoms with van der Waals surface area (Å²) in [4.78, 5) is 73.3. The van der Waals surface area contributed by atoms with Crippen molar-refractivity contribution in [3.63, 3.8) is 0 Å². The number of carbonyl (C=O) groups excluding carboxylic acids is 5. The lowest BCUT2D eigenvalue weighted by atomic mass is 9.96. The number of hydrogen-bond donors (Lipinski definition) is 4. The van der Waals surface area contributed by atoms with E-state index in [0.29, 0.717) is 63.8 Å². The number of hydrogen-bond acceptors (Lipinski definition) is 15. The lowest BCUT2D eigenvalue weighted by Crippen LogP contribution is -2.54. The molecule has 0 radical (unpaired) electrons. The first-order chi connectivity index (χ1) is 30.6. The van der Waals surface area contributed by atoms with Crippen LogP contribution in [0.5, 0.6) is 5.75 Å². The molecule has 332 valence electrons. The molecule has 4 N–H and O–H groups in total. The highest BCUT2D eigenvalue weighted by Crippen LogP contribution is 2.37. The monoisotopic (exact) mass is 862 g/mol. The van der Waals surface area contributed by atoms with Gasteiger partial charge in [0.05, 0.1) is 35.2 Å². The molecule has 19 heteroatoms. The van der Waals surface area contributed by atoms with Gasteiger partial charge in [0.15, 0.2) is 23.1 Å². The number of aryl methyl sites for hydroxylation is 1. The molecule has 3 saturated heterocycles. The van der Waals surface area contributed by atoms with Gasteiger partial charge in [-0.05, 0) is 100 Å². The molecule has 3 fully saturated rings. The maximum Gasteiger partial charge on any atom is 0.273 e. The van der Waals surface area contributed by atoms with E-state index >= 15 is 0 Å². The summed E-state index contributed by atoms with van der Waals surface area (Å²) in [6, 6.07) is 11.7. The second kappa shape index (κ2) is 19.3. The Hall–Kier alpha value is -6.47. The number of rotatable bonds is 16. The van der Waals surface area contributed by atoms with Gasteiger partial charge in [0.1, 0.15) is 12.4 Å². The fourth-order valence-corrected chi connectivity index (χ4v) is 8.81. The van der Waals surface area contributed by atoms with Crippen molar-refractivity contribution < 1.29 is 33.4 Å². The maximum atomic E-state index is 13.3. The van der Waals surface area contributed by atoms with Gasteiger partial charge in [0.2, 0.25) is 11.8 Å². The summed E-state index contributed by atoms with van der Waals surface area (Å²) in [5, 5.41) is 24.5. The topological polar surface area (TPSA) is 218 Å². The molecule has 4 aromatic rings. The first-order valence-corrected chi connectivity index (χ1v) is 21.6. The number of benzene rings is 2. The van der Waals surface area contributed by atoms with Crippen LogP contribution in [0.4, 0.5) is 22.9 Å². The largest absolute Gasteiger partial charge is 0.494 e. The van der Waals surface area contributed by atoms with Crippen molar-refractivity contribution in [2.75, 3.05) is 82.2 Å². The minimum Gasteiger partial charge on any atom is -0.494 e. The van der Waals surface area contributed by atoms with Crippen LogP contribution >= 0.6 is 0 Å². The number of nitrogens with one attached hydrogen (secondary N) is 4. The SMILES string of the molecule is CNC(=O)c1nnc(NCCCN2CCC(COCC3CCN(c4ccc5c(c4)C(=O)N(C4CCC(=O)NC4=O)C5=O)CC3)CC2)cc1Nc1cccc(-c2ncn(C)n2)c1OC. The number of imide groups is 2. The van der Waals surface area contributed by atoms with E-state index in [0.717, 1.165) is 88.6 Å². The van der Waals surface area contributed by atoms with Crippen LogP contribution in [0.1, 0.15) is 76.2 Å². The molecule has 6 heterocycles. The van der Waals surface area contributed by atoms with E-state index in [2.05, 4.69) is 51.3 Å². The molecular formula is C44H54N12O7. The Bertz CT molecular complexity index is 2350. The predicted octanol–water partition coefficient (Wildman–Crippen LogP) is 3.23. The highest BCUT2D eigenvalue weighted by atomic mass is 16.5. The smallest absolute Gasteiger partial charge is 0.273 e. The second-order valence-corrected chi connectivity index (χ2v) is 16.5. The highest BCUT2D eigenvalue weighted by molar-refractivity contribution is 6.23. The molecule has 1 unspecified atom stereocenters. The summed E-state index contributed by atoms with van der Waals surface area (Å²) >= 11 is 0. The van der Waals surface area contributed by atoms with Crippen LogP contribution in [0.25, 0.3) is 11.4 Å². The number of piperidine rings is 3. The molecule has 5 amide bonds. The summed E-state index contributed by atoms with van der Waals surface area (Å²) in [6.45, 7) is 6.81. The van der Waals surface area contributed by atoms with Crippen molar-refractivity contribution >= 4 is 52.4 Å². The van der Waals surface area contributed by atoms with Crippen molar-refractivity contribution in [1.29, 1.82) is 0 Å². The number of likely N-dealkylation sites (tertiary alicyclic amines) is 1. The van der Waals surface area contributed by atoms with Crippen molar-refractivity contribution in [3.05, 3.63) is 65.6 Å². The summed E-state index contributed by atoms with van der Waals surface area (Å²) < 4.78 is 13.7. The van der Waals surface area contributed by atoms with Gasteiger partial charge in [-0.2, -0.15) is 5.10 Å². The van der Waals surface area contributed by atoms with Crippen LogP contribution in [0.15, 0.2) is 48.8 Å². The first-order valence-electron chi connectivity index (χ1n) is 21.6. The third kappa shape index (κ3) is 9.63. The van der Waals surface area contributed by atoms with Crippen molar-refractivity contribution in [1.82, 2.24) is 45.4 Å². The summed E-state index contributed by atoms with van der Waals surface area (Å²) in [7, 11) is 4.93. The fraction of sp³-hybridized carbons (Fsp3) is 0.477. The Morgan fingerprint density at radius 2 is 1.62 bits per heavy atom. The molecule has 2 aromatic heterocycles. The van der Waals surface area contributed by atoms with E-state index in [9.17, 15) is 24.0 Å². The standard InChI is InChI=1S/C44H54N12O7/c1-45-42(59)38-34(48-33-7-4-6-31(39(33)62-3)40-47-26-53(2)52-40)23-36(50-51-38)46-16-5-17-54-18-12-27(13-19-54)24-63-25-28-14-20-55(21-15-28)29-8-9-30-32(22-29)44(61)56(43(30)60)35-10-11-37(57)49-41(35)58/h4,6-9,22-23,26-28,35H,5,10-21,24-25H2,1-3H3,(H,45,59)(H2,46,48,50)(H,49,57,58). The van der Waals surface area contributed by atoms with Gasteiger partial charge in [0, 0.05) is 65.1 Å². The second-order valence-electron chi connectivity index (χ2n) is 16.5. The third-order valence-corrected chi connectivity index (χ3v) is 12.3. The Kier molecular flexibility index (Phi) is 13.2. The zero-order valence-corrected chi connectivity index (χ0v) is 35.9. The molecule has 1 atom stereocenters. The third-order valence-electron chi connectivity index (χ3n) is 12.3. The van der Waals surface area contributed by atoms with E-state index in [1.807, 2.05) is 24.3 Å². The lowest BCUT2D eigenvalue weighted by molar-refractivity contribution is -0.136. The van der Waals surface area contributed by atoms with Gasteiger partial charge in [-0.25, -0.2) is 4.98 Å². The molecule has 63 heavy (non-hydrogen) atoms. The summed E-state index contributed by atoms with van der Waals surface area (Å²) in [6.07, 6.45) is 6.88. The lowest BCUT2D eigenvalue weighted by Gasteiger charge is -2.34. The van der Waals surface area contributed by atoms with Gasteiger partial charge < -0.3 is 35.2 Å². The average Bonchev–Trinajstić information content (AvgIpc) is 3.84. The quantitative estimate of drug-likeness (QED) is 0.0940. The molecule has 0 bridgehead atoms. The van der Waals surface area contributed by atoms with Gasteiger partial charge in [-0.3, -0.25) is 38.9 Å². The van der Waals surface area contributed by atoms with Crippen LogP contribution in [-0.2, 0) is 21.4 Å². The molecule has 0 spiro atoms. The molecule has 2 aromatic carbocycles. The number of para-hydroxylation sites is 1. The van der Waals surface area contributed by atoms with E-state index in [1.54, 1.807) is 50.4 Å². The van der Waals surface area contributed by atoms with E-state index < -0.39 is 29.7 Å². The molecule has 19 nitrogen and oxygen atoms in total. The normalized spacial score (nSPS) is 18.7. The van der Waals surface area contributed by atoms with E-state index in [-0.39, 0.29) is 24.4 Å². The van der Waals surface area contributed by atoms with Gasteiger partial charge >= 0.3 is 0 Å². The number of aromatic nitrogens is 5. The molecule has 4 aliphatic heterocycles. The fourth-order valence-electron chi connectivity index (χ4n) is 8.81. The number of carbonyl (C=O) groups is 5. The van der Waals surface area contributed by atoms with Crippen LogP contribution in [0.2, 0.25) is 0 Å².